The van der Waals surface area contributed by atoms with Crippen molar-refractivity contribution in [1.82, 2.24) is 0 Å². The average Bonchev–Trinajstić information content (AvgIpc) is 1.93. The van der Waals surface area contributed by atoms with Crippen LogP contribution >= 0.6 is 0 Å². The maximum Gasteiger partial charge on any atom is 0.0857 e. The summed E-state index contributed by atoms with van der Waals surface area (Å²) in [6, 6.07) is 7.58. The van der Waals surface area contributed by atoms with Crippen molar-refractivity contribution < 1.29 is 0 Å². The van der Waals surface area contributed by atoms with Crippen molar-refractivity contribution >= 4 is 17.1 Å². The van der Waals surface area contributed by atoms with Crippen molar-refractivity contribution in [3.63, 3.8) is 0 Å². The molecule has 1 aromatic rings. The van der Waals surface area contributed by atoms with Crippen molar-refractivity contribution in [1.29, 1.82) is 0 Å². The summed E-state index contributed by atoms with van der Waals surface area (Å²) in [7, 11) is 0. The summed E-state index contributed by atoms with van der Waals surface area (Å²) >= 11 is 0. The number of hydrogen-bond acceptors (Lipinski definition) is 2. The molecule has 0 saturated carbocycles. The quantitative estimate of drug-likeness (QED) is 0.482. The van der Waals surface area contributed by atoms with Gasteiger partial charge in [0, 0.05) is 5.71 Å². The van der Waals surface area contributed by atoms with Crippen LogP contribution in [-0.2, 0) is 0 Å². The van der Waals surface area contributed by atoms with Crippen LogP contribution in [0.5, 0.6) is 0 Å². The molecule has 0 heterocycles. The number of aliphatic imine (C=N–C) groups is 1. The second kappa shape index (κ2) is 3.19. The summed E-state index contributed by atoms with van der Waals surface area (Å²) in [4.78, 5) is 4.25. The molecule has 1 rings (SSSR count). The largest absolute Gasteiger partial charge is 0.397 e. The lowest BCUT2D eigenvalue weighted by Gasteiger charge is -1.98. The molecule has 1 aromatic carbocycles. The molecule has 2 heteroatoms. The van der Waals surface area contributed by atoms with Crippen LogP contribution in [0.1, 0.15) is 13.8 Å². The highest BCUT2D eigenvalue weighted by molar-refractivity contribution is 5.84. The summed E-state index contributed by atoms with van der Waals surface area (Å²) < 4.78 is 0. The van der Waals surface area contributed by atoms with Gasteiger partial charge in [-0.15, -0.1) is 0 Å². The van der Waals surface area contributed by atoms with Crippen LogP contribution < -0.4 is 5.73 Å². The number of nitrogens with two attached hydrogens (primary N) is 1. The van der Waals surface area contributed by atoms with Gasteiger partial charge in [0.2, 0.25) is 0 Å². The Kier molecular flexibility index (Phi) is 2.26. The van der Waals surface area contributed by atoms with Crippen LogP contribution in [0, 0.1) is 0 Å². The van der Waals surface area contributed by atoms with E-state index in [9.17, 15) is 0 Å². The number of nitrogens with zero attached hydrogens (tertiary/aromatic N) is 1. The topological polar surface area (TPSA) is 38.4 Å². The first-order valence-corrected chi connectivity index (χ1v) is 3.56. The minimum absolute atomic E-state index is 0.730. The van der Waals surface area contributed by atoms with Gasteiger partial charge in [-0.25, -0.2) is 0 Å². The SMILES string of the molecule is CC(C)=Nc1ccccc1N. The predicted octanol–water partition coefficient (Wildman–Crippen LogP) is 2.38. The van der Waals surface area contributed by atoms with E-state index in [4.69, 9.17) is 5.73 Å². The first kappa shape index (κ1) is 7.79. The fourth-order valence-corrected chi connectivity index (χ4v) is 0.830. The molecule has 0 aromatic heterocycles. The van der Waals surface area contributed by atoms with E-state index in [0.29, 0.717) is 0 Å². The van der Waals surface area contributed by atoms with E-state index < -0.39 is 0 Å². The molecule has 0 aliphatic carbocycles. The molecule has 0 saturated heterocycles. The Labute approximate surface area is 66.8 Å². The summed E-state index contributed by atoms with van der Waals surface area (Å²) in [5, 5.41) is 0. The summed E-state index contributed by atoms with van der Waals surface area (Å²) in [6.07, 6.45) is 0. The van der Waals surface area contributed by atoms with Crippen LogP contribution in [0.3, 0.4) is 0 Å². The molecule has 0 radical (unpaired) electrons. The Morgan fingerprint density at radius 3 is 2.45 bits per heavy atom. The summed E-state index contributed by atoms with van der Waals surface area (Å²) in [5.41, 5.74) is 8.26. The zero-order valence-electron chi connectivity index (χ0n) is 6.83. The first-order valence-electron chi connectivity index (χ1n) is 3.56. The van der Waals surface area contributed by atoms with E-state index in [1.807, 2.05) is 38.1 Å². The lowest BCUT2D eigenvalue weighted by molar-refractivity contribution is 1.47. The number of benzene rings is 1. The number of anilines is 1. The smallest absolute Gasteiger partial charge is 0.0857 e. The molecule has 0 fully saturated rings. The Bertz CT molecular complexity index is 273. The summed E-state index contributed by atoms with van der Waals surface area (Å²) in [6.45, 7) is 3.90. The van der Waals surface area contributed by atoms with Gasteiger partial charge in [-0.3, -0.25) is 4.99 Å². The van der Waals surface area contributed by atoms with Crippen molar-refractivity contribution in [3.8, 4) is 0 Å². The van der Waals surface area contributed by atoms with E-state index in [1.54, 1.807) is 0 Å². The molecule has 11 heavy (non-hydrogen) atoms. The lowest BCUT2D eigenvalue weighted by atomic mass is 10.3. The van der Waals surface area contributed by atoms with Gasteiger partial charge in [0.15, 0.2) is 0 Å². The third-order valence-electron chi connectivity index (χ3n) is 1.28. The maximum atomic E-state index is 5.66. The molecule has 0 spiro atoms. The third kappa shape index (κ3) is 2.08. The van der Waals surface area contributed by atoms with Crippen LogP contribution in [0.2, 0.25) is 0 Å². The van der Waals surface area contributed by atoms with Crippen LogP contribution in [0.4, 0.5) is 11.4 Å². The third-order valence-corrected chi connectivity index (χ3v) is 1.28. The van der Waals surface area contributed by atoms with Crippen LogP contribution in [0.25, 0.3) is 0 Å². The van der Waals surface area contributed by atoms with Crippen molar-refractivity contribution in [2.24, 2.45) is 4.99 Å². The Morgan fingerprint density at radius 2 is 1.91 bits per heavy atom. The van der Waals surface area contributed by atoms with E-state index in [0.717, 1.165) is 17.1 Å². The highest BCUT2D eigenvalue weighted by atomic mass is 14.8. The molecule has 0 aliphatic rings. The molecule has 2 N–H and O–H groups in total. The number of rotatable bonds is 1. The second-order valence-electron chi connectivity index (χ2n) is 2.62. The number of nitrogen functional groups attached to an aromatic ring is 1. The molecule has 2 nitrogen and oxygen atoms in total. The van der Waals surface area contributed by atoms with Gasteiger partial charge in [0.1, 0.15) is 0 Å². The Hall–Kier alpha value is -1.31. The minimum Gasteiger partial charge on any atom is -0.397 e. The van der Waals surface area contributed by atoms with E-state index >= 15 is 0 Å². The van der Waals surface area contributed by atoms with Crippen LogP contribution in [0.15, 0.2) is 29.3 Å². The zero-order chi connectivity index (χ0) is 8.27. The molecular formula is C9H12N2. The van der Waals surface area contributed by atoms with Crippen molar-refractivity contribution in [2.45, 2.75) is 13.8 Å². The van der Waals surface area contributed by atoms with Crippen LogP contribution in [-0.4, -0.2) is 5.71 Å². The summed E-state index contributed by atoms with van der Waals surface area (Å²) in [5.74, 6) is 0. The molecule has 0 aliphatic heterocycles. The lowest BCUT2D eigenvalue weighted by Crippen LogP contribution is -1.86. The standard InChI is InChI=1S/C9H12N2/c1-7(2)11-9-6-4-3-5-8(9)10/h3-6H,10H2,1-2H3. The fourth-order valence-electron chi connectivity index (χ4n) is 0.830. The van der Waals surface area contributed by atoms with Gasteiger partial charge >= 0.3 is 0 Å². The van der Waals surface area contributed by atoms with Crippen molar-refractivity contribution in [3.05, 3.63) is 24.3 Å². The van der Waals surface area contributed by atoms with Gasteiger partial charge in [-0.2, -0.15) is 0 Å². The number of hydrogen-bond donors (Lipinski definition) is 1. The predicted molar refractivity (Wildman–Crippen MR) is 49.3 cm³/mol. The first-order chi connectivity index (χ1) is 5.20. The molecule has 0 atom stereocenters. The molecule has 0 amide bonds. The van der Waals surface area contributed by atoms with Gasteiger partial charge in [0.05, 0.1) is 11.4 Å². The maximum absolute atomic E-state index is 5.66. The fraction of sp³-hybridized carbons (Fsp3) is 0.222. The highest BCUT2D eigenvalue weighted by Gasteiger charge is 1.92. The van der Waals surface area contributed by atoms with Gasteiger partial charge in [0.25, 0.3) is 0 Å². The molecule has 0 unspecified atom stereocenters. The van der Waals surface area contributed by atoms with Gasteiger partial charge in [-0.1, -0.05) is 12.1 Å². The van der Waals surface area contributed by atoms with Gasteiger partial charge in [-0.05, 0) is 26.0 Å². The monoisotopic (exact) mass is 148 g/mol. The number of para-hydroxylation sites is 2. The van der Waals surface area contributed by atoms with Crippen molar-refractivity contribution in [2.75, 3.05) is 5.73 Å². The molecule has 0 bridgehead atoms. The zero-order valence-corrected chi connectivity index (χ0v) is 6.83. The minimum atomic E-state index is 0.730. The van der Waals surface area contributed by atoms with E-state index in [2.05, 4.69) is 4.99 Å². The Balaban J connectivity index is 3.04. The Morgan fingerprint density at radius 1 is 1.27 bits per heavy atom. The van der Waals surface area contributed by atoms with E-state index in [1.165, 1.54) is 0 Å². The van der Waals surface area contributed by atoms with Gasteiger partial charge < -0.3 is 5.73 Å². The van der Waals surface area contributed by atoms with E-state index in [-0.39, 0.29) is 0 Å². The molecule has 58 valence electrons. The average molecular weight is 148 g/mol. The second-order valence-corrected chi connectivity index (χ2v) is 2.62. The normalized spacial score (nSPS) is 9.27. The molecular weight excluding hydrogens is 136 g/mol. The highest BCUT2D eigenvalue weighted by Crippen LogP contribution is 2.20.